The third kappa shape index (κ3) is 3.65. The van der Waals surface area contributed by atoms with Gasteiger partial charge in [-0.05, 0) is 43.0 Å². The Labute approximate surface area is 172 Å². The van der Waals surface area contributed by atoms with E-state index in [0.717, 1.165) is 31.7 Å². The van der Waals surface area contributed by atoms with Gasteiger partial charge in [0.25, 0.3) is 0 Å². The average Bonchev–Trinajstić information content (AvgIpc) is 3.53. The van der Waals surface area contributed by atoms with Gasteiger partial charge in [0.05, 0.1) is 17.8 Å². The number of pyridine rings is 1. The number of hydrogen-bond donors (Lipinski definition) is 2. The lowest BCUT2D eigenvalue weighted by Crippen LogP contribution is -2.56. The number of benzene rings is 1. The number of nitrogens with zero attached hydrogens (tertiary/aromatic N) is 4. The van der Waals surface area contributed by atoms with Crippen molar-refractivity contribution in [1.82, 2.24) is 15.0 Å². The number of aromatic nitrogens is 3. The maximum Gasteiger partial charge on any atom is 0.169 e. The highest BCUT2D eigenvalue weighted by atomic mass is 35.5. The number of anilines is 3. The molecular formula is C20H20ClFN6O. The first-order valence-electron chi connectivity index (χ1n) is 9.58. The van der Waals surface area contributed by atoms with Crippen LogP contribution in [0.3, 0.4) is 0 Å². The highest BCUT2D eigenvalue weighted by Crippen LogP contribution is 2.36. The van der Waals surface area contributed by atoms with E-state index in [1.165, 1.54) is 6.33 Å². The van der Waals surface area contributed by atoms with E-state index < -0.39 is 5.82 Å². The number of hydrogen-bond acceptors (Lipinski definition) is 7. The van der Waals surface area contributed by atoms with E-state index in [1.807, 2.05) is 12.1 Å². The molecule has 3 N–H and O–H groups in total. The summed E-state index contributed by atoms with van der Waals surface area (Å²) in [6.07, 6.45) is 3.72. The lowest BCUT2D eigenvalue weighted by Gasteiger charge is -2.37. The summed E-state index contributed by atoms with van der Waals surface area (Å²) in [6, 6.07) is 7.19. The molecule has 2 aliphatic rings. The van der Waals surface area contributed by atoms with Gasteiger partial charge in [-0.15, -0.1) is 0 Å². The number of nitrogens with two attached hydrogens (primary N) is 1. The summed E-state index contributed by atoms with van der Waals surface area (Å²) in [5.41, 5.74) is 7.28. The monoisotopic (exact) mass is 414 g/mol. The summed E-state index contributed by atoms with van der Waals surface area (Å²) in [7, 11) is 0. The summed E-state index contributed by atoms with van der Waals surface area (Å²) >= 11 is 6.19. The second-order valence-corrected chi connectivity index (χ2v) is 7.92. The quantitative estimate of drug-likeness (QED) is 0.638. The Morgan fingerprint density at radius 1 is 1.21 bits per heavy atom. The number of nitrogens with one attached hydrogen (secondary N) is 1. The molecule has 1 aliphatic heterocycles. The molecule has 3 aromatic rings. The molecule has 2 fully saturated rings. The summed E-state index contributed by atoms with van der Waals surface area (Å²) in [6.45, 7) is 2.07. The highest BCUT2D eigenvalue weighted by Gasteiger charge is 2.25. The van der Waals surface area contributed by atoms with Crippen LogP contribution in [0.5, 0.6) is 5.75 Å². The van der Waals surface area contributed by atoms with Gasteiger partial charge in [0, 0.05) is 19.1 Å². The topological polar surface area (TPSA) is 89.2 Å². The number of ether oxygens (including phenoxy) is 1. The minimum absolute atomic E-state index is 0.0442. The summed E-state index contributed by atoms with van der Waals surface area (Å²) in [5, 5.41) is 2.96. The zero-order chi connectivity index (χ0) is 20.0. The fourth-order valence-corrected chi connectivity index (χ4v) is 3.48. The van der Waals surface area contributed by atoms with Gasteiger partial charge in [-0.25, -0.2) is 19.3 Å². The number of rotatable bonds is 6. The van der Waals surface area contributed by atoms with Crippen molar-refractivity contribution in [2.24, 2.45) is 11.7 Å². The Bertz CT molecular complexity index is 1070. The SMILES string of the molecule is NC1CN(c2ccc3ncnc(Nc4ccc(OCC5CC5)c(Cl)c4F)c3n2)C1. The summed E-state index contributed by atoms with van der Waals surface area (Å²) in [5.74, 6) is 1.52. The number of fused-ring (bicyclic) bond motifs is 1. The molecule has 3 heterocycles. The molecule has 0 bridgehead atoms. The Kier molecular flexibility index (Phi) is 4.60. The molecule has 0 unspecified atom stereocenters. The van der Waals surface area contributed by atoms with Gasteiger partial charge in [-0.1, -0.05) is 11.6 Å². The molecule has 1 aromatic carbocycles. The van der Waals surface area contributed by atoms with E-state index >= 15 is 0 Å². The van der Waals surface area contributed by atoms with Crippen LogP contribution in [0.2, 0.25) is 5.02 Å². The van der Waals surface area contributed by atoms with Gasteiger partial charge in [0.1, 0.15) is 28.4 Å². The van der Waals surface area contributed by atoms with E-state index in [1.54, 1.807) is 12.1 Å². The zero-order valence-electron chi connectivity index (χ0n) is 15.6. The van der Waals surface area contributed by atoms with E-state index in [9.17, 15) is 4.39 Å². The molecule has 150 valence electrons. The Balaban J connectivity index is 1.43. The second kappa shape index (κ2) is 7.27. The van der Waals surface area contributed by atoms with Crippen molar-refractivity contribution >= 4 is 40.0 Å². The van der Waals surface area contributed by atoms with Crippen LogP contribution in [0, 0.1) is 11.7 Å². The molecule has 9 heteroatoms. The van der Waals surface area contributed by atoms with Crippen LogP contribution >= 0.6 is 11.6 Å². The zero-order valence-corrected chi connectivity index (χ0v) is 16.4. The second-order valence-electron chi connectivity index (χ2n) is 7.54. The largest absolute Gasteiger partial charge is 0.492 e. The smallest absolute Gasteiger partial charge is 0.169 e. The van der Waals surface area contributed by atoms with E-state index in [-0.39, 0.29) is 16.8 Å². The van der Waals surface area contributed by atoms with Crippen LogP contribution in [0.1, 0.15) is 12.8 Å². The van der Waals surface area contributed by atoms with Gasteiger partial charge < -0.3 is 20.7 Å². The molecule has 0 radical (unpaired) electrons. The maximum absolute atomic E-state index is 14.8. The van der Waals surface area contributed by atoms with Gasteiger partial charge >= 0.3 is 0 Å². The van der Waals surface area contributed by atoms with Crippen molar-refractivity contribution in [2.75, 3.05) is 29.9 Å². The molecule has 5 rings (SSSR count). The molecule has 7 nitrogen and oxygen atoms in total. The molecule has 2 aromatic heterocycles. The van der Waals surface area contributed by atoms with Crippen molar-refractivity contribution in [3.63, 3.8) is 0 Å². The molecular weight excluding hydrogens is 395 g/mol. The average molecular weight is 415 g/mol. The van der Waals surface area contributed by atoms with E-state index in [0.29, 0.717) is 35.1 Å². The standard InChI is InChI=1S/C20H20ClFN6O/c21-17-15(29-9-11-1-2-11)5-3-13(18(17)22)26-20-19-14(24-10-25-20)4-6-16(27-19)28-7-12(23)8-28/h3-6,10-12H,1-2,7-9,23H2,(H,24,25,26). The first-order valence-corrected chi connectivity index (χ1v) is 9.96. The Morgan fingerprint density at radius 3 is 2.79 bits per heavy atom. The lowest BCUT2D eigenvalue weighted by atomic mass is 10.1. The van der Waals surface area contributed by atoms with E-state index in [2.05, 4.69) is 25.2 Å². The fourth-order valence-electron chi connectivity index (χ4n) is 3.26. The van der Waals surface area contributed by atoms with Crippen molar-refractivity contribution in [1.29, 1.82) is 0 Å². The molecule has 0 atom stereocenters. The Morgan fingerprint density at radius 2 is 2.03 bits per heavy atom. The number of halogens is 2. The van der Waals surface area contributed by atoms with Crippen LogP contribution in [-0.2, 0) is 0 Å². The predicted molar refractivity (Wildman–Crippen MR) is 110 cm³/mol. The molecule has 29 heavy (non-hydrogen) atoms. The summed E-state index contributed by atoms with van der Waals surface area (Å²) in [4.78, 5) is 15.2. The lowest BCUT2D eigenvalue weighted by molar-refractivity contribution is 0.298. The van der Waals surface area contributed by atoms with Gasteiger partial charge in [-0.2, -0.15) is 0 Å². The van der Waals surface area contributed by atoms with Crippen molar-refractivity contribution in [3.8, 4) is 5.75 Å². The first kappa shape index (κ1) is 18.3. The van der Waals surface area contributed by atoms with E-state index in [4.69, 9.17) is 22.1 Å². The van der Waals surface area contributed by atoms with Gasteiger partial charge in [0.15, 0.2) is 11.6 Å². The summed E-state index contributed by atoms with van der Waals surface area (Å²) < 4.78 is 20.5. The third-order valence-corrected chi connectivity index (χ3v) is 5.52. The van der Waals surface area contributed by atoms with Crippen molar-refractivity contribution in [2.45, 2.75) is 18.9 Å². The first-order chi connectivity index (χ1) is 14.1. The molecule has 0 spiro atoms. The third-order valence-electron chi connectivity index (χ3n) is 5.17. The fraction of sp³-hybridized carbons (Fsp3) is 0.350. The van der Waals surface area contributed by atoms with Crippen LogP contribution in [-0.4, -0.2) is 40.7 Å². The minimum Gasteiger partial charge on any atom is -0.492 e. The normalized spacial score (nSPS) is 16.7. The molecule has 1 aliphatic carbocycles. The highest BCUT2D eigenvalue weighted by molar-refractivity contribution is 6.32. The maximum atomic E-state index is 14.8. The van der Waals surface area contributed by atoms with Gasteiger partial charge in [0.2, 0.25) is 0 Å². The molecule has 1 saturated carbocycles. The van der Waals surface area contributed by atoms with Crippen LogP contribution < -0.4 is 20.7 Å². The molecule has 0 amide bonds. The van der Waals surface area contributed by atoms with Crippen LogP contribution in [0.25, 0.3) is 11.0 Å². The van der Waals surface area contributed by atoms with Crippen molar-refractivity contribution < 1.29 is 9.13 Å². The van der Waals surface area contributed by atoms with Gasteiger partial charge in [-0.3, -0.25) is 0 Å². The van der Waals surface area contributed by atoms with Crippen LogP contribution in [0.15, 0.2) is 30.6 Å². The van der Waals surface area contributed by atoms with Crippen molar-refractivity contribution in [3.05, 3.63) is 41.4 Å². The Hall–Kier alpha value is -2.71. The minimum atomic E-state index is -0.586. The predicted octanol–water partition coefficient (Wildman–Crippen LogP) is 3.50. The molecule has 1 saturated heterocycles. The van der Waals surface area contributed by atoms with Crippen LogP contribution in [0.4, 0.5) is 21.7 Å².